The molecule has 1 aliphatic heterocycles. The Bertz CT molecular complexity index is 399. The van der Waals surface area contributed by atoms with Crippen LogP contribution < -0.4 is 5.32 Å². The number of carbonyl (C=O) groups excluding carboxylic acids is 1. The van der Waals surface area contributed by atoms with Crippen LogP contribution in [0, 0.1) is 5.92 Å². The molecule has 1 fully saturated rings. The number of rotatable bonds is 4. The van der Waals surface area contributed by atoms with Gasteiger partial charge in [0.05, 0.1) is 5.56 Å². The maximum absolute atomic E-state index is 11.9. The second kappa shape index (κ2) is 6.66. The largest absolute Gasteiger partial charge is 0.350 e. The van der Waals surface area contributed by atoms with Crippen LogP contribution in [0.4, 0.5) is 0 Å². The van der Waals surface area contributed by atoms with Gasteiger partial charge in [0.2, 0.25) is 0 Å². The Balaban J connectivity index is 1.77. The highest BCUT2D eigenvalue weighted by Crippen LogP contribution is 2.17. The molecule has 1 atom stereocenters. The van der Waals surface area contributed by atoms with E-state index in [1.165, 1.54) is 12.8 Å². The first-order valence-corrected chi connectivity index (χ1v) is 7.09. The van der Waals surface area contributed by atoms with Crippen molar-refractivity contribution in [3.05, 3.63) is 30.1 Å². The maximum Gasteiger partial charge on any atom is 0.252 e. The molecular weight excluding hydrogens is 238 g/mol. The second-order valence-corrected chi connectivity index (χ2v) is 5.52. The summed E-state index contributed by atoms with van der Waals surface area (Å²) in [5.74, 6) is 0.804. The van der Waals surface area contributed by atoms with Crippen molar-refractivity contribution in [2.75, 3.05) is 19.6 Å². The minimum Gasteiger partial charge on any atom is -0.350 e. The fourth-order valence-corrected chi connectivity index (χ4v) is 2.44. The van der Waals surface area contributed by atoms with Crippen molar-refractivity contribution in [1.82, 2.24) is 15.2 Å². The van der Waals surface area contributed by atoms with Crippen molar-refractivity contribution < 1.29 is 4.79 Å². The molecule has 0 radical (unpaired) electrons. The number of likely N-dealkylation sites (tertiary alicyclic amines) is 1. The highest BCUT2D eigenvalue weighted by molar-refractivity contribution is 5.93. The van der Waals surface area contributed by atoms with Gasteiger partial charge in [0, 0.05) is 25.0 Å². The lowest BCUT2D eigenvalue weighted by Gasteiger charge is -2.35. The van der Waals surface area contributed by atoms with Crippen LogP contribution in [0.5, 0.6) is 0 Å². The van der Waals surface area contributed by atoms with E-state index < -0.39 is 0 Å². The van der Waals surface area contributed by atoms with E-state index in [-0.39, 0.29) is 5.91 Å². The zero-order chi connectivity index (χ0) is 13.7. The lowest BCUT2D eigenvalue weighted by Crippen LogP contribution is -2.45. The number of pyridine rings is 1. The molecule has 2 heterocycles. The molecular formula is C15H23N3O. The van der Waals surface area contributed by atoms with Crippen molar-refractivity contribution in [3.63, 3.8) is 0 Å². The zero-order valence-corrected chi connectivity index (χ0v) is 11.8. The summed E-state index contributed by atoms with van der Waals surface area (Å²) in [5, 5.41) is 2.99. The van der Waals surface area contributed by atoms with E-state index >= 15 is 0 Å². The molecule has 0 spiro atoms. The van der Waals surface area contributed by atoms with Gasteiger partial charge < -0.3 is 5.32 Å². The number of piperidine rings is 1. The number of carbonyl (C=O) groups is 1. The molecule has 0 aromatic carbocycles. The standard InChI is InChI=1S/C15H23N3O/c1-12-5-8-18(9-6-12)13(2)10-17-15(19)14-4-3-7-16-11-14/h3-4,7,11-13H,5-6,8-10H2,1-2H3,(H,17,19). The zero-order valence-electron chi connectivity index (χ0n) is 11.8. The minimum atomic E-state index is -0.0367. The quantitative estimate of drug-likeness (QED) is 0.901. The molecule has 1 aliphatic rings. The predicted octanol–water partition coefficient (Wildman–Crippen LogP) is 1.93. The number of nitrogens with zero attached hydrogens (tertiary/aromatic N) is 2. The van der Waals surface area contributed by atoms with Gasteiger partial charge in [-0.15, -0.1) is 0 Å². The predicted molar refractivity (Wildman–Crippen MR) is 76.0 cm³/mol. The smallest absolute Gasteiger partial charge is 0.252 e. The van der Waals surface area contributed by atoms with E-state index in [0.717, 1.165) is 19.0 Å². The first-order valence-electron chi connectivity index (χ1n) is 7.09. The Labute approximate surface area is 115 Å². The topological polar surface area (TPSA) is 45.2 Å². The van der Waals surface area contributed by atoms with E-state index in [4.69, 9.17) is 0 Å². The third kappa shape index (κ3) is 4.03. The van der Waals surface area contributed by atoms with Gasteiger partial charge in [0.1, 0.15) is 0 Å². The van der Waals surface area contributed by atoms with Crippen LogP contribution in [0.3, 0.4) is 0 Å². The Hall–Kier alpha value is -1.42. The van der Waals surface area contributed by atoms with Gasteiger partial charge in [0.15, 0.2) is 0 Å². The number of hydrogen-bond donors (Lipinski definition) is 1. The van der Waals surface area contributed by atoms with Gasteiger partial charge in [-0.3, -0.25) is 14.7 Å². The van der Waals surface area contributed by atoms with Crippen LogP contribution in [0.25, 0.3) is 0 Å². The van der Waals surface area contributed by atoms with Gasteiger partial charge in [0.25, 0.3) is 5.91 Å². The SMILES string of the molecule is CC1CCN(C(C)CNC(=O)c2cccnc2)CC1. The fraction of sp³-hybridized carbons (Fsp3) is 0.600. The summed E-state index contributed by atoms with van der Waals surface area (Å²) in [4.78, 5) is 18.3. The molecule has 1 saturated heterocycles. The van der Waals surface area contributed by atoms with Gasteiger partial charge >= 0.3 is 0 Å². The van der Waals surface area contributed by atoms with Crippen LogP contribution in [-0.2, 0) is 0 Å². The van der Waals surface area contributed by atoms with Crippen molar-refractivity contribution in [1.29, 1.82) is 0 Å². The van der Waals surface area contributed by atoms with Crippen LogP contribution in [0.15, 0.2) is 24.5 Å². The van der Waals surface area contributed by atoms with E-state index in [1.54, 1.807) is 24.5 Å². The molecule has 4 heteroatoms. The average Bonchev–Trinajstić information content (AvgIpc) is 2.46. The molecule has 0 aliphatic carbocycles. The molecule has 0 saturated carbocycles. The van der Waals surface area contributed by atoms with Crippen LogP contribution in [-0.4, -0.2) is 41.5 Å². The summed E-state index contributed by atoms with van der Waals surface area (Å²) in [6, 6.07) is 3.97. The lowest BCUT2D eigenvalue weighted by molar-refractivity contribution is 0.0921. The van der Waals surface area contributed by atoms with Crippen molar-refractivity contribution >= 4 is 5.91 Å². The number of amides is 1. The first-order chi connectivity index (χ1) is 9.16. The van der Waals surface area contributed by atoms with E-state index in [2.05, 4.69) is 29.0 Å². The van der Waals surface area contributed by atoms with Crippen molar-refractivity contribution in [2.24, 2.45) is 5.92 Å². The van der Waals surface area contributed by atoms with Crippen molar-refractivity contribution in [2.45, 2.75) is 32.7 Å². The molecule has 104 valence electrons. The summed E-state index contributed by atoms with van der Waals surface area (Å²) in [6.45, 7) is 7.48. The van der Waals surface area contributed by atoms with Crippen LogP contribution in [0.2, 0.25) is 0 Å². The first kappa shape index (κ1) is 14.0. The highest BCUT2D eigenvalue weighted by atomic mass is 16.1. The molecule has 1 amide bonds. The molecule has 1 aromatic rings. The molecule has 1 aromatic heterocycles. The molecule has 1 N–H and O–H groups in total. The van der Waals surface area contributed by atoms with E-state index in [0.29, 0.717) is 18.2 Å². The lowest BCUT2D eigenvalue weighted by atomic mass is 9.98. The van der Waals surface area contributed by atoms with Crippen molar-refractivity contribution in [3.8, 4) is 0 Å². The Morgan fingerprint density at radius 3 is 2.89 bits per heavy atom. The third-order valence-corrected chi connectivity index (χ3v) is 3.92. The molecule has 1 unspecified atom stereocenters. The third-order valence-electron chi connectivity index (χ3n) is 3.92. The highest BCUT2D eigenvalue weighted by Gasteiger charge is 2.20. The number of hydrogen-bond acceptors (Lipinski definition) is 3. The summed E-state index contributed by atoms with van der Waals surface area (Å²) in [6.07, 6.45) is 5.80. The molecule has 2 rings (SSSR count). The number of nitrogens with one attached hydrogen (secondary N) is 1. The Kier molecular flexibility index (Phi) is 4.91. The minimum absolute atomic E-state index is 0.0367. The van der Waals surface area contributed by atoms with Crippen LogP contribution in [0.1, 0.15) is 37.0 Å². The normalized spacial score (nSPS) is 19.1. The maximum atomic E-state index is 11.9. The summed E-state index contributed by atoms with van der Waals surface area (Å²) >= 11 is 0. The summed E-state index contributed by atoms with van der Waals surface area (Å²) in [5.41, 5.74) is 0.627. The van der Waals surface area contributed by atoms with Gasteiger partial charge in [-0.25, -0.2) is 0 Å². The molecule has 19 heavy (non-hydrogen) atoms. The summed E-state index contributed by atoms with van der Waals surface area (Å²) < 4.78 is 0. The van der Waals surface area contributed by atoms with E-state index in [1.807, 2.05) is 0 Å². The van der Waals surface area contributed by atoms with Gasteiger partial charge in [-0.2, -0.15) is 0 Å². The summed E-state index contributed by atoms with van der Waals surface area (Å²) in [7, 11) is 0. The van der Waals surface area contributed by atoms with Crippen LogP contribution >= 0.6 is 0 Å². The molecule has 4 nitrogen and oxygen atoms in total. The van der Waals surface area contributed by atoms with Gasteiger partial charge in [-0.05, 0) is 50.9 Å². The number of aromatic nitrogens is 1. The second-order valence-electron chi connectivity index (χ2n) is 5.52. The fourth-order valence-electron chi connectivity index (χ4n) is 2.44. The van der Waals surface area contributed by atoms with E-state index in [9.17, 15) is 4.79 Å². The average molecular weight is 261 g/mol. The molecule has 0 bridgehead atoms. The Morgan fingerprint density at radius 2 is 2.26 bits per heavy atom. The van der Waals surface area contributed by atoms with Gasteiger partial charge in [-0.1, -0.05) is 6.92 Å². The monoisotopic (exact) mass is 261 g/mol. The Morgan fingerprint density at radius 1 is 1.53 bits per heavy atom.